The summed E-state index contributed by atoms with van der Waals surface area (Å²) in [6.45, 7) is 4.40. The Balaban J connectivity index is 1.49. The van der Waals surface area contributed by atoms with Crippen molar-refractivity contribution in [1.82, 2.24) is 9.80 Å². The van der Waals surface area contributed by atoms with Gasteiger partial charge in [0.25, 0.3) is 0 Å². The number of benzene rings is 2. The van der Waals surface area contributed by atoms with Gasteiger partial charge in [-0.1, -0.05) is 18.2 Å². The fourth-order valence-electron chi connectivity index (χ4n) is 3.81. The molecule has 0 bridgehead atoms. The fourth-order valence-corrected chi connectivity index (χ4v) is 3.81. The Labute approximate surface area is 179 Å². The van der Waals surface area contributed by atoms with E-state index in [0.717, 1.165) is 50.5 Å². The summed E-state index contributed by atoms with van der Waals surface area (Å²) in [6, 6.07) is 14.0. The molecule has 1 aliphatic rings. The molecule has 0 saturated carbocycles. The summed E-state index contributed by atoms with van der Waals surface area (Å²) in [5.74, 6) is 2.50. The molecule has 0 aliphatic carbocycles. The quantitative estimate of drug-likeness (QED) is 0.665. The smallest absolute Gasteiger partial charge is 0.222 e. The Bertz CT molecular complexity index is 822. The molecule has 30 heavy (non-hydrogen) atoms. The van der Waals surface area contributed by atoms with Crippen LogP contribution in [0.2, 0.25) is 0 Å². The number of carbonyl (C=O) groups excluding carboxylic acids is 1. The average Bonchev–Trinajstić information content (AvgIpc) is 3.03. The highest BCUT2D eigenvalue weighted by Gasteiger charge is 2.19. The van der Waals surface area contributed by atoms with Crippen LogP contribution in [0.4, 0.5) is 0 Å². The molecule has 1 fully saturated rings. The molecule has 6 nitrogen and oxygen atoms in total. The van der Waals surface area contributed by atoms with Gasteiger partial charge in [-0.3, -0.25) is 9.69 Å². The Morgan fingerprint density at radius 2 is 1.57 bits per heavy atom. The van der Waals surface area contributed by atoms with Crippen LogP contribution in [0.15, 0.2) is 42.5 Å². The van der Waals surface area contributed by atoms with E-state index in [1.807, 2.05) is 35.2 Å². The molecular weight excluding hydrogens is 380 g/mol. The van der Waals surface area contributed by atoms with E-state index in [4.69, 9.17) is 14.2 Å². The van der Waals surface area contributed by atoms with Gasteiger partial charge < -0.3 is 19.1 Å². The minimum Gasteiger partial charge on any atom is -0.497 e. The second kappa shape index (κ2) is 10.9. The number of rotatable bonds is 8. The van der Waals surface area contributed by atoms with Crippen molar-refractivity contribution in [2.45, 2.75) is 25.8 Å². The molecule has 1 amide bonds. The largest absolute Gasteiger partial charge is 0.497 e. The van der Waals surface area contributed by atoms with Crippen LogP contribution in [0.25, 0.3) is 0 Å². The van der Waals surface area contributed by atoms with Gasteiger partial charge in [-0.25, -0.2) is 0 Å². The molecule has 0 radical (unpaired) electrons. The minimum atomic E-state index is 0.219. The van der Waals surface area contributed by atoms with Gasteiger partial charge in [-0.05, 0) is 48.2 Å². The Hall–Kier alpha value is -2.73. The van der Waals surface area contributed by atoms with Crippen molar-refractivity contribution >= 4 is 5.91 Å². The molecule has 2 aromatic carbocycles. The second-order valence-electron chi connectivity index (χ2n) is 7.55. The number of hydrogen-bond acceptors (Lipinski definition) is 5. The number of hydrogen-bond donors (Lipinski definition) is 0. The van der Waals surface area contributed by atoms with Crippen LogP contribution in [0.5, 0.6) is 17.2 Å². The van der Waals surface area contributed by atoms with E-state index < -0.39 is 0 Å². The second-order valence-corrected chi connectivity index (χ2v) is 7.55. The van der Waals surface area contributed by atoms with Gasteiger partial charge in [0.1, 0.15) is 5.75 Å². The lowest BCUT2D eigenvalue weighted by molar-refractivity contribution is -0.131. The molecule has 3 rings (SSSR count). The summed E-state index contributed by atoms with van der Waals surface area (Å²) >= 11 is 0. The van der Waals surface area contributed by atoms with Crippen LogP contribution in [-0.4, -0.2) is 63.2 Å². The molecular formula is C24H32N2O4. The molecule has 6 heteroatoms. The molecule has 0 spiro atoms. The lowest BCUT2D eigenvalue weighted by Crippen LogP contribution is -2.35. The van der Waals surface area contributed by atoms with Crippen LogP contribution in [0, 0.1) is 0 Å². The number of nitrogens with zero attached hydrogens (tertiary/aromatic N) is 2. The summed E-state index contributed by atoms with van der Waals surface area (Å²) in [6.07, 6.45) is 2.21. The zero-order chi connectivity index (χ0) is 21.3. The van der Waals surface area contributed by atoms with E-state index in [1.165, 1.54) is 5.56 Å². The zero-order valence-corrected chi connectivity index (χ0v) is 18.2. The van der Waals surface area contributed by atoms with Crippen molar-refractivity contribution in [2.75, 3.05) is 47.5 Å². The number of amides is 1. The molecule has 0 aromatic heterocycles. The van der Waals surface area contributed by atoms with Crippen LogP contribution in [0.1, 0.15) is 24.0 Å². The maximum atomic E-state index is 12.8. The lowest BCUT2D eigenvalue weighted by atomic mass is 10.1. The number of carbonyl (C=O) groups is 1. The Kier molecular flexibility index (Phi) is 7.97. The first-order chi connectivity index (χ1) is 14.6. The van der Waals surface area contributed by atoms with Gasteiger partial charge >= 0.3 is 0 Å². The molecule has 0 unspecified atom stereocenters. The standard InChI is InChI=1S/C24H32N2O4/c1-28-21-9-5-20(6-10-21)18-25-13-4-14-26(16-15-25)24(27)12-8-19-7-11-22(29-2)23(17-19)30-3/h5-7,9-11,17H,4,8,12-16,18H2,1-3H3. The number of methoxy groups -OCH3 is 3. The van der Waals surface area contributed by atoms with E-state index in [9.17, 15) is 4.79 Å². The Morgan fingerprint density at radius 1 is 0.833 bits per heavy atom. The molecule has 1 saturated heterocycles. The first-order valence-electron chi connectivity index (χ1n) is 10.5. The summed E-state index contributed by atoms with van der Waals surface area (Å²) in [5, 5.41) is 0. The van der Waals surface area contributed by atoms with Crippen LogP contribution in [-0.2, 0) is 17.8 Å². The third-order valence-electron chi connectivity index (χ3n) is 5.58. The van der Waals surface area contributed by atoms with Gasteiger partial charge in [-0.2, -0.15) is 0 Å². The maximum Gasteiger partial charge on any atom is 0.222 e. The van der Waals surface area contributed by atoms with Crippen LogP contribution in [0.3, 0.4) is 0 Å². The molecule has 0 N–H and O–H groups in total. The molecule has 0 atom stereocenters. The monoisotopic (exact) mass is 412 g/mol. The predicted octanol–water partition coefficient (Wildman–Crippen LogP) is 3.38. The zero-order valence-electron chi connectivity index (χ0n) is 18.2. The van der Waals surface area contributed by atoms with E-state index in [1.54, 1.807) is 21.3 Å². The van der Waals surface area contributed by atoms with Crippen molar-refractivity contribution < 1.29 is 19.0 Å². The predicted molar refractivity (Wildman–Crippen MR) is 117 cm³/mol. The molecule has 1 aliphatic heterocycles. The average molecular weight is 413 g/mol. The van der Waals surface area contributed by atoms with Gasteiger partial charge in [0.05, 0.1) is 21.3 Å². The van der Waals surface area contributed by atoms with E-state index in [2.05, 4.69) is 17.0 Å². The normalized spacial score (nSPS) is 14.8. The van der Waals surface area contributed by atoms with E-state index in [0.29, 0.717) is 24.3 Å². The summed E-state index contributed by atoms with van der Waals surface area (Å²) in [7, 11) is 4.93. The van der Waals surface area contributed by atoms with Crippen molar-refractivity contribution in [1.29, 1.82) is 0 Å². The summed E-state index contributed by atoms with van der Waals surface area (Å²) in [4.78, 5) is 17.2. The van der Waals surface area contributed by atoms with Gasteiger partial charge in [-0.15, -0.1) is 0 Å². The SMILES string of the molecule is COc1ccc(CN2CCCN(C(=O)CCc3ccc(OC)c(OC)c3)CC2)cc1. The first-order valence-corrected chi connectivity index (χ1v) is 10.5. The number of ether oxygens (including phenoxy) is 3. The van der Waals surface area contributed by atoms with E-state index in [-0.39, 0.29) is 5.91 Å². The minimum absolute atomic E-state index is 0.219. The van der Waals surface area contributed by atoms with Crippen LogP contribution >= 0.6 is 0 Å². The van der Waals surface area contributed by atoms with Gasteiger partial charge in [0.15, 0.2) is 11.5 Å². The van der Waals surface area contributed by atoms with E-state index >= 15 is 0 Å². The first kappa shape index (κ1) is 22.0. The van der Waals surface area contributed by atoms with Crippen molar-refractivity contribution in [3.63, 3.8) is 0 Å². The highest BCUT2D eigenvalue weighted by molar-refractivity contribution is 5.76. The van der Waals surface area contributed by atoms with Crippen molar-refractivity contribution in [3.05, 3.63) is 53.6 Å². The number of aryl methyl sites for hydroxylation is 1. The van der Waals surface area contributed by atoms with Crippen LogP contribution < -0.4 is 14.2 Å². The third-order valence-corrected chi connectivity index (χ3v) is 5.58. The molecule has 1 heterocycles. The Morgan fingerprint density at radius 3 is 2.27 bits per heavy atom. The maximum absolute atomic E-state index is 12.8. The molecule has 2 aromatic rings. The lowest BCUT2D eigenvalue weighted by Gasteiger charge is -2.22. The highest BCUT2D eigenvalue weighted by atomic mass is 16.5. The topological polar surface area (TPSA) is 51.2 Å². The molecule has 162 valence electrons. The van der Waals surface area contributed by atoms with Crippen molar-refractivity contribution in [3.8, 4) is 17.2 Å². The van der Waals surface area contributed by atoms with Gasteiger partial charge in [0.2, 0.25) is 5.91 Å². The van der Waals surface area contributed by atoms with Crippen molar-refractivity contribution in [2.24, 2.45) is 0 Å². The highest BCUT2D eigenvalue weighted by Crippen LogP contribution is 2.28. The summed E-state index contributed by atoms with van der Waals surface area (Å²) < 4.78 is 15.9. The van der Waals surface area contributed by atoms with Gasteiger partial charge in [0, 0.05) is 39.1 Å². The summed E-state index contributed by atoms with van der Waals surface area (Å²) in [5.41, 5.74) is 2.35. The third kappa shape index (κ3) is 5.89. The fraction of sp³-hybridized carbons (Fsp3) is 0.458.